The number of alkyl halides is 3. The first kappa shape index (κ1) is 22.1. The fourth-order valence-electron chi connectivity index (χ4n) is 5.42. The molecule has 4 heterocycles. The van der Waals surface area contributed by atoms with Crippen LogP contribution in [0, 0.1) is 11.3 Å². The summed E-state index contributed by atoms with van der Waals surface area (Å²) < 4.78 is 61.6. The molecular weight excluding hydrogens is 461 g/mol. The molecule has 1 saturated carbocycles. The van der Waals surface area contributed by atoms with Crippen molar-refractivity contribution in [1.82, 2.24) is 30.0 Å². The van der Waals surface area contributed by atoms with Crippen LogP contribution in [0.4, 0.5) is 18.0 Å². The zero-order valence-corrected chi connectivity index (χ0v) is 18.4. The molecule has 5 rings (SSSR count). The fourth-order valence-corrected chi connectivity index (χ4v) is 6.20. The Morgan fingerprint density at radius 1 is 1.21 bits per heavy atom. The van der Waals surface area contributed by atoms with Crippen molar-refractivity contribution in [2.45, 2.75) is 42.0 Å². The van der Waals surface area contributed by atoms with Gasteiger partial charge < -0.3 is 9.80 Å². The molecule has 1 atom stereocenters. The third-order valence-corrected chi connectivity index (χ3v) is 8.41. The molecule has 0 aromatic carbocycles. The van der Waals surface area contributed by atoms with Gasteiger partial charge in [-0.3, -0.25) is 10.1 Å². The van der Waals surface area contributed by atoms with E-state index in [0.717, 1.165) is 37.4 Å². The average molecular weight is 485 g/mol. The Hall–Kier alpha value is -2.70. The predicted molar refractivity (Wildman–Crippen MR) is 109 cm³/mol. The number of aromatic amines is 1. The normalized spacial score (nSPS) is 22.9. The average Bonchev–Trinajstić information content (AvgIpc) is 3.39. The lowest BCUT2D eigenvalue weighted by Gasteiger charge is -2.59. The highest BCUT2D eigenvalue weighted by atomic mass is 32.2. The van der Waals surface area contributed by atoms with Crippen molar-refractivity contribution in [3.63, 3.8) is 0 Å². The van der Waals surface area contributed by atoms with E-state index < -0.39 is 20.2 Å². The van der Waals surface area contributed by atoms with E-state index in [4.69, 9.17) is 0 Å². The number of amides is 2. The number of aromatic nitrogens is 4. The Bertz CT molecular complexity index is 1140. The summed E-state index contributed by atoms with van der Waals surface area (Å²) in [6.45, 7) is 2.64. The van der Waals surface area contributed by atoms with Crippen LogP contribution in [0.2, 0.25) is 0 Å². The first-order valence-electron chi connectivity index (χ1n) is 10.7. The first-order valence-corrected chi connectivity index (χ1v) is 12.2. The maximum atomic E-state index is 12.8. The summed E-state index contributed by atoms with van der Waals surface area (Å²) in [7, 11) is -5.40. The highest BCUT2D eigenvalue weighted by Gasteiger charge is 2.54. The molecule has 9 nitrogen and oxygen atoms in total. The van der Waals surface area contributed by atoms with Crippen LogP contribution in [-0.2, 0) is 16.3 Å². The minimum Gasteiger partial charge on any atom is -0.324 e. The number of H-pyrrole nitrogens is 1. The second-order valence-electron chi connectivity index (χ2n) is 9.40. The zero-order valence-electron chi connectivity index (χ0n) is 17.6. The monoisotopic (exact) mass is 484 g/mol. The Kier molecular flexibility index (Phi) is 5.14. The van der Waals surface area contributed by atoms with Crippen LogP contribution in [0.5, 0.6) is 0 Å². The first-order chi connectivity index (χ1) is 15.6. The number of pyridine rings is 1. The molecule has 3 fully saturated rings. The molecule has 2 saturated heterocycles. The van der Waals surface area contributed by atoms with Crippen LogP contribution in [0.25, 0.3) is 0 Å². The number of nitrogens with zero attached hydrogens (tertiary/aromatic N) is 5. The van der Waals surface area contributed by atoms with Crippen LogP contribution in [0.1, 0.15) is 36.6 Å². The number of hydrogen-bond acceptors (Lipinski definition) is 6. The second-order valence-corrected chi connectivity index (χ2v) is 11.3. The molecular formula is C20H23F3N6O3S. The smallest absolute Gasteiger partial charge is 0.324 e. The van der Waals surface area contributed by atoms with E-state index in [1.807, 2.05) is 9.80 Å². The van der Waals surface area contributed by atoms with E-state index in [1.54, 1.807) is 0 Å². The molecule has 1 aliphatic carbocycles. The van der Waals surface area contributed by atoms with Crippen LogP contribution in [-0.4, -0.2) is 76.1 Å². The SMILES string of the molecule is O=C(N1CC[C@H](c2ncn[nH]2)C1)N1CC2(CC(Cc3cncc(S(=O)(=O)C(F)(F)F)c3)C2)C1. The van der Waals surface area contributed by atoms with Gasteiger partial charge in [-0.2, -0.15) is 18.3 Å². The van der Waals surface area contributed by atoms with E-state index in [1.165, 1.54) is 12.5 Å². The molecule has 2 aliphatic heterocycles. The molecule has 178 valence electrons. The number of hydrogen-bond donors (Lipinski definition) is 1. The summed E-state index contributed by atoms with van der Waals surface area (Å²) in [6.07, 6.45) is 6.63. The summed E-state index contributed by atoms with van der Waals surface area (Å²) in [4.78, 5) is 23.5. The van der Waals surface area contributed by atoms with Gasteiger partial charge in [0.1, 0.15) is 12.2 Å². The van der Waals surface area contributed by atoms with Crippen molar-refractivity contribution in [2.24, 2.45) is 11.3 Å². The largest absolute Gasteiger partial charge is 0.501 e. The van der Waals surface area contributed by atoms with Crippen molar-refractivity contribution < 1.29 is 26.4 Å². The number of sulfone groups is 1. The van der Waals surface area contributed by atoms with Crippen LogP contribution < -0.4 is 0 Å². The summed E-state index contributed by atoms with van der Waals surface area (Å²) in [6, 6.07) is 1.09. The van der Waals surface area contributed by atoms with Gasteiger partial charge in [0.15, 0.2) is 0 Å². The molecule has 3 aliphatic rings. The molecule has 2 aromatic heterocycles. The van der Waals surface area contributed by atoms with E-state index >= 15 is 0 Å². The summed E-state index contributed by atoms with van der Waals surface area (Å²) >= 11 is 0. The highest BCUT2D eigenvalue weighted by Crippen LogP contribution is 2.53. The molecule has 1 N–H and O–H groups in total. The van der Waals surface area contributed by atoms with Crippen molar-refractivity contribution in [3.05, 3.63) is 36.2 Å². The van der Waals surface area contributed by atoms with Gasteiger partial charge in [0, 0.05) is 49.9 Å². The topological polar surface area (TPSA) is 112 Å². The lowest BCUT2D eigenvalue weighted by atomic mass is 9.56. The van der Waals surface area contributed by atoms with E-state index in [2.05, 4.69) is 20.2 Å². The summed E-state index contributed by atoms with van der Waals surface area (Å²) in [5.74, 6) is 1.20. The van der Waals surface area contributed by atoms with Gasteiger partial charge in [-0.1, -0.05) is 0 Å². The lowest BCUT2D eigenvalue weighted by molar-refractivity contribution is -0.0754. The number of halogens is 3. The Labute approximate surface area is 188 Å². The number of urea groups is 1. The molecule has 0 bridgehead atoms. The van der Waals surface area contributed by atoms with Gasteiger partial charge in [0.25, 0.3) is 9.84 Å². The quantitative estimate of drug-likeness (QED) is 0.713. The number of likely N-dealkylation sites (tertiary alicyclic amines) is 2. The summed E-state index contributed by atoms with van der Waals surface area (Å²) in [5, 5.41) is 6.73. The fraction of sp³-hybridized carbons (Fsp3) is 0.600. The van der Waals surface area contributed by atoms with Crippen LogP contribution in [0.15, 0.2) is 29.7 Å². The molecule has 0 unspecified atom stereocenters. The van der Waals surface area contributed by atoms with Gasteiger partial charge in [-0.05, 0) is 43.2 Å². The van der Waals surface area contributed by atoms with E-state index in [0.29, 0.717) is 38.2 Å². The van der Waals surface area contributed by atoms with Gasteiger partial charge >= 0.3 is 11.5 Å². The third-order valence-electron chi connectivity index (χ3n) is 6.95. The zero-order chi connectivity index (χ0) is 23.4. The number of carbonyl (C=O) groups excluding carboxylic acids is 1. The van der Waals surface area contributed by atoms with E-state index in [-0.39, 0.29) is 23.3 Å². The predicted octanol–water partition coefficient (Wildman–Crippen LogP) is 2.36. The maximum absolute atomic E-state index is 12.8. The molecule has 33 heavy (non-hydrogen) atoms. The highest BCUT2D eigenvalue weighted by molar-refractivity contribution is 7.92. The summed E-state index contributed by atoms with van der Waals surface area (Å²) in [5.41, 5.74) is -4.81. The van der Waals surface area contributed by atoms with Gasteiger partial charge in [-0.25, -0.2) is 18.2 Å². The molecule has 0 radical (unpaired) electrons. The third kappa shape index (κ3) is 3.96. The van der Waals surface area contributed by atoms with Crippen LogP contribution >= 0.6 is 0 Å². The van der Waals surface area contributed by atoms with Crippen molar-refractivity contribution in [3.8, 4) is 0 Å². The standard InChI is InChI=1S/C20H23F3N6O3S/c21-20(22,23)33(31,32)16-4-13(7-24-8-16)3-14-5-19(6-14)10-29(11-19)18(30)28-2-1-15(9-28)17-25-12-26-27-17/h4,7-8,12,14-15H,1-3,5-6,9-11H2,(H,25,26,27)/t15-/m0/s1. The molecule has 2 aromatic rings. The van der Waals surface area contributed by atoms with Crippen molar-refractivity contribution in [1.29, 1.82) is 0 Å². The minimum absolute atomic E-state index is 0.0281. The number of rotatable bonds is 4. The van der Waals surface area contributed by atoms with Gasteiger partial charge in [0.05, 0.1) is 4.90 Å². The Balaban J connectivity index is 1.12. The Morgan fingerprint density at radius 2 is 1.97 bits per heavy atom. The van der Waals surface area contributed by atoms with E-state index in [9.17, 15) is 26.4 Å². The second kappa shape index (κ2) is 7.67. The molecule has 13 heteroatoms. The van der Waals surface area contributed by atoms with Crippen molar-refractivity contribution in [2.75, 3.05) is 26.2 Å². The number of carbonyl (C=O) groups is 1. The van der Waals surface area contributed by atoms with Gasteiger partial charge in [-0.15, -0.1) is 0 Å². The van der Waals surface area contributed by atoms with Crippen LogP contribution in [0.3, 0.4) is 0 Å². The Morgan fingerprint density at radius 3 is 2.64 bits per heavy atom. The minimum atomic E-state index is -5.40. The van der Waals surface area contributed by atoms with Gasteiger partial charge in [0.2, 0.25) is 0 Å². The van der Waals surface area contributed by atoms with Crippen molar-refractivity contribution >= 4 is 15.9 Å². The maximum Gasteiger partial charge on any atom is 0.501 e. The lowest BCUT2D eigenvalue weighted by Crippen LogP contribution is -2.65. The molecule has 1 spiro atoms. The molecule has 2 amide bonds. The number of nitrogens with one attached hydrogen (secondary N) is 1.